The van der Waals surface area contributed by atoms with E-state index < -0.39 is 0 Å². The van der Waals surface area contributed by atoms with Gasteiger partial charge in [0.1, 0.15) is 0 Å². The van der Waals surface area contributed by atoms with Crippen molar-refractivity contribution < 1.29 is 9.53 Å². The molecule has 2 fully saturated rings. The Hall–Kier alpha value is -0.790. The smallest absolute Gasteiger partial charge is 0.302 e. The highest BCUT2D eigenvalue weighted by Crippen LogP contribution is 2.60. The fourth-order valence-corrected chi connectivity index (χ4v) is 4.78. The summed E-state index contributed by atoms with van der Waals surface area (Å²) >= 11 is 0. The van der Waals surface area contributed by atoms with E-state index in [0.29, 0.717) is 17.9 Å². The van der Waals surface area contributed by atoms with E-state index in [0.717, 1.165) is 12.3 Å². The number of hydrogen-bond acceptors (Lipinski definition) is 2. The average molecular weight is 283 g/mol. The first kappa shape index (κ1) is 14.6. The molecule has 0 radical (unpaired) electrons. The van der Waals surface area contributed by atoms with Crippen LogP contribution in [0.15, 0.2) is 12.2 Å². The molecule has 0 heterocycles. The van der Waals surface area contributed by atoms with Crippen LogP contribution >= 0.6 is 0 Å². The van der Waals surface area contributed by atoms with Gasteiger partial charge in [-0.3, -0.25) is 4.79 Å². The molecular formula is C17H28O2. The number of carbonyl (C=O) groups excluding carboxylic acids is 1. The van der Waals surface area contributed by atoms with Crippen LogP contribution in [-0.4, -0.2) is 12.6 Å². The zero-order valence-corrected chi connectivity index (χ0v) is 12.9. The Labute approximate surface area is 117 Å². The first-order chi connectivity index (χ1) is 8.77. The third-order valence-electron chi connectivity index (χ3n) is 5.77. The number of carbonyl (C=O) groups is 1. The molecule has 2 rings (SSSR count). The van der Waals surface area contributed by atoms with Crippen molar-refractivity contribution in [3.8, 4) is 0 Å². The Morgan fingerprint density at radius 2 is 2.05 bits per heavy atom. The lowest BCUT2D eigenvalue weighted by Crippen LogP contribution is -2.50. The fraction of sp³-hybridized carbons (Fsp3) is 0.824. The highest BCUT2D eigenvalue weighted by Gasteiger charge is 2.53. The lowest BCUT2D eigenvalue weighted by Gasteiger charge is -2.57. The lowest BCUT2D eigenvalue weighted by atomic mass is 10.5. The SMILES string of the molecule is [13CH2]=[13C]1[13CH2][13CH2][13CH]2[13C]([13CH3])([13CH3])[13CH2][13CH2][13CH2][13C]2([13CH3])[13CH]1[13CH2]O[13C]([13CH3])=[18O]. The molecule has 0 amide bonds. The van der Waals surface area contributed by atoms with Gasteiger partial charge in [0.25, 0.3) is 0 Å². The summed E-state index contributed by atoms with van der Waals surface area (Å²) in [6, 6.07) is 0. The molecule has 0 bridgehead atoms. The van der Waals surface area contributed by atoms with Gasteiger partial charge < -0.3 is 4.74 Å². The van der Waals surface area contributed by atoms with Crippen molar-refractivity contribution >= 4 is 5.97 Å². The van der Waals surface area contributed by atoms with Crippen molar-refractivity contribution in [2.24, 2.45) is 22.7 Å². The van der Waals surface area contributed by atoms with Gasteiger partial charge in [-0.25, -0.2) is 0 Å². The molecule has 2 aliphatic rings. The largest absolute Gasteiger partial charge is 0.465 e. The van der Waals surface area contributed by atoms with Crippen LogP contribution < -0.4 is 0 Å². The van der Waals surface area contributed by atoms with Crippen LogP contribution in [0.1, 0.15) is 59.8 Å². The van der Waals surface area contributed by atoms with E-state index in [-0.39, 0.29) is 11.4 Å². The second kappa shape index (κ2) is 4.96. The van der Waals surface area contributed by atoms with Crippen molar-refractivity contribution in [3.05, 3.63) is 12.2 Å². The van der Waals surface area contributed by atoms with Gasteiger partial charge in [0.05, 0.1) is 6.61 Å². The van der Waals surface area contributed by atoms with E-state index in [1.807, 2.05) is 0 Å². The zero-order chi connectivity index (χ0) is 14.3. The van der Waals surface area contributed by atoms with Gasteiger partial charge in [-0.15, -0.1) is 0 Å². The highest BCUT2D eigenvalue weighted by atomic mass is 18.1. The molecule has 2 saturated carbocycles. The minimum Gasteiger partial charge on any atom is -0.465 e. The summed E-state index contributed by atoms with van der Waals surface area (Å²) in [6.45, 7) is 13.5. The topological polar surface area (TPSA) is 26.3 Å². The lowest BCUT2D eigenvalue weighted by molar-refractivity contribution is -0.146. The highest BCUT2D eigenvalue weighted by molar-refractivity contribution is 5.65. The number of fused-ring (bicyclic) bond motifs is 1. The number of rotatable bonds is 2. The van der Waals surface area contributed by atoms with E-state index >= 15 is 0 Å². The van der Waals surface area contributed by atoms with Crippen LogP contribution in [-0.2, 0) is 9.53 Å². The Bertz CT molecular complexity index is 383. The van der Waals surface area contributed by atoms with Gasteiger partial charge in [-0.1, -0.05) is 39.3 Å². The van der Waals surface area contributed by atoms with Crippen molar-refractivity contribution in [1.82, 2.24) is 0 Å². The quantitative estimate of drug-likeness (QED) is 0.326. The van der Waals surface area contributed by atoms with Gasteiger partial charge in [0.15, 0.2) is 0 Å². The normalized spacial score (nSPS) is 37.6. The molecular weight excluding hydrogens is 255 g/mol. The molecule has 0 aromatic carbocycles. The summed E-state index contributed by atoms with van der Waals surface area (Å²) in [7, 11) is 0. The summed E-state index contributed by atoms with van der Waals surface area (Å²) in [5, 5.41) is 0. The van der Waals surface area contributed by atoms with Gasteiger partial charge in [0.2, 0.25) is 0 Å². The summed E-state index contributed by atoms with van der Waals surface area (Å²) in [4.78, 5) is 11.1. The van der Waals surface area contributed by atoms with Crippen molar-refractivity contribution in [2.45, 2.75) is 59.8 Å². The molecule has 3 unspecified atom stereocenters. The molecule has 0 aliphatic heterocycles. The van der Waals surface area contributed by atoms with Crippen LogP contribution in [0.5, 0.6) is 0 Å². The first-order valence-electron chi connectivity index (χ1n) is 7.58. The summed E-state index contributed by atoms with van der Waals surface area (Å²) in [5.74, 6) is 0.892. The molecule has 0 aromatic heterocycles. The Morgan fingerprint density at radius 1 is 1.37 bits per heavy atom. The first-order valence-corrected chi connectivity index (χ1v) is 7.58. The Balaban J connectivity index is 2.24. The minimum absolute atomic E-state index is 0.173. The number of esters is 1. The molecule has 108 valence electrons. The van der Waals surface area contributed by atoms with Crippen molar-refractivity contribution in [2.75, 3.05) is 6.61 Å². The van der Waals surface area contributed by atoms with E-state index in [1.54, 1.807) is 0 Å². The van der Waals surface area contributed by atoms with E-state index in [4.69, 9.17) is 4.74 Å². The predicted molar refractivity (Wildman–Crippen MR) is 77.7 cm³/mol. The maximum atomic E-state index is 11.1. The maximum Gasteiger partial charge on any atom is 0.302 e. The second-order valence-electron chi connectivity index (χ2n) is 7.45. The predicted octanol–water partition coefficient (Wildman–Crippen LogP) is 4.35. The van der Waals surface area contributed by atoms with Gasteiger partial charge in [-0.2, -0.15) is 0 Å². The Kier molecular flexibility index (Phi) is 3.81. The molecule has 0 N–H and O–H groups in total. The molecule has 2 aliphatic carbocycles. The molecule has 2 heteroatoms. The van der Waals surface area contributed by atoms with Crippen LogP contribution in [0.4, 0.5) is 0 Å². The molecule has 0 spiro atoms. The van der Waals surface area contributed by atoms with Crippen LogP contribution in [0.3, 0.4) is 0 Å². The second-order valence-corrected chi connectivity index (χ2v) is 7.45. The minimum atomic E-state index is -0.173. The number of ether oxygens (including phenoxy) is 1. The number of hydrogen-bond donors (Lipinski definition) is 0. The molecule has 3 atom stereocenters. The van der Waals surface area contributed by atoms with Crippen molar-refractivity contribution in [3.63, 3.8) is 0 Å². The molecule has 2 nitrogen and oxygen atoms in total. The van der Waals surface area contributed by atoms with Crippen LogP contribution in [0, 0.1) is 22.7 Å². The molecule has 19 heavy (non-hydrogen) atoms. The van der Waals surface area contributed by atoms with E-state index in [2.05, 4.69) is 27.4 Å². The fourth-order valence-electron chi connectivity index (χ4n) is 4.78. The van der Waals surface area contributed by atoms with Crippen LogP contribution in [0.25, 0.3) is 0 Å². The summed E-state index contributed by atoms with van der Waals surface area (Å²) in [5.41, 5.74) is 1.95. The monoisotopic (exact) mass is 283 g/mol. The van der Waals surface area contributed by atoms with E-state index in [9.17, 15) is 4.79 Å². The molecule has 0 aromatic rings. The van der Waals surface area contributed by atoms with E-state index in [1.165, 1.54) is 38.2 Å². The van der Waals surface area contributed by atoms with Gasteiger partial charge in [0, 0.05) is 12.8 Å². The van der Waals surface area contributed by atoms with Gasteiger partial charge >= 0.3 is 5.97 Å². The third-order valence-corrected chi connectivity index (χ3v) is 5.77. The maximum absolute atomic E-state index is 11.1. The zero-order valence-electron chi connectivity index (χ0n) is 12.9. The average Bonchev–Trinajstić information content (AvgIpc) is 2.26. The van der Waals surface area contributed by atoms with Gasteiger partial charge in [-0.05, 0) is 42.4 Å². The summed E-state index contributed by atoms with van der Waals surface area (Å²) in [6.07, 6.45) is 6.18. The molecule has 0 saturated heterocycles. The summed E-state index contributed by atoms with van der Waals surface area (Å²) < 4.78 is 5.33. The Morgan fingerprint density at radius 3 is 2.68 bits per heavy atom. The van der Waals surface area contributed by atoms with Crippen molar-refractivity contribution in [1.29, 1.82) is 0 Å². The standard InChI is InChI=1S/C17H28O2/c1-12-7-8-15-16(3,4)9-6-10-17(15,5)14(12)11-19-13(2)18/h14-15H,1,6-11H2,2-5H3/i1+1,2+1,3+1,4+1,5+1,6+1,7+1,8+1,9+1,10+1,11+1,12+1,13+1,14+1,15+1,16+1,17+1,18+2. The van der Waals surface area contributed by atoms with Crippen LogP contribution in [0.2, 0.25) is 0 Å². The third kappa shape index (κ3) is 2.59.